The van der Waals surface area contributed by atoms with E-state index >= 15 is 0 Å². The van der Waals surface area contributed by atoms with Crippen LogP contribution in [0.15, 0.2) is 58.0 Å². The Labute approximate surface area is 187 Å². The molecule has 1 atom stereocenters. The van der Waals surface area contributed by atoms with Gasteiger partial charge in [0.2, 0.25) is 5.91 Å². The fourth-order valence-corrected chi connectivity index (χ4v) is 3.78. The molecule has 0 saturated carbocycles. The van der Waals surface area contributed by atoms with E-state index in [-0.39, 0.29) is 11.8 Å². The molecule has 1 aliphatic heterocycles. The average Bonchev–Trinajstić information content (AvgIpc) is 3.31. The van der Waals surface area contributed by atoms with E-state index in [1.807, 2.05) is 37.3 Å². The smallest absolute Gasteiger partial charge is 0.257 e. The van der Waals surface area contributed by atoms with Crippen molar-refractivity contribution in [3.63, 3.8) is 0 Å². The highest BCUT2D eigenvalue weighted by Gasteiger charge is 2.24. The molecule has 0 aliphatic carbocycles. The molecule has 1 aromatic heterocycles. The second-order valence-corrected chi connectivity index (χ2v) is 7.73. The van der Waals surface area contributed by atoms with Crippen molar-refractivity contribution >= 4 is 17.6 Å². The van der Waals surface area contributed by atoms with E-state index in [0.29, 0.717) is 24.7 Å². The molecule has 0 radical (unpaired) electrons. The molecule has 0 spiro atoms. The molecular formula is C24H28N6O2. The number of benzene rings is 2. The lowest BCUT2D eigenvalue weighted by atomic mass is 9.90. The number of hydrogen-bond donors (Lipinski definition) is 3. The van der Waals surface area contributed by atoms with Crippen molar-refractivity contribution in [1.82, 2.24) is 20.8 Å². The number of fused-ring (bicyclic) bond motifs is 1. The predicted octanol–water partition coefficient (Wildman–Crippen LogP) is 3.13. The van der Waals surface area contributed by atoms with Gasteiger partial charge in [-0.05, 0) is 35.7 Å². The summed E-state index contributed by atoms with van der Waals surface area (Å²) in [5.41, 5.74) is 4.17. The van der Waals surface area contributed by atoms with Crippen molar-refractivity contribution in [3.8, 4) is 11.5 Å². The Morgan fingerprint density at radius 3 is 2.75 bits per heavy atom. The van der Waals surface area contributed by atoms with Crippen molar-refractivity contribution in [2.45, 2.75) is 32.1 Å². The number of amides is 1. The number of para-hydroxylation sites is 1. The summed E-state index contributed by atoms with van der Waals surface area (Å²) in [5, 5.41) is 13.6. The van der Waals surface area contributed by atoms with Crippen LogP contribution in [0.5, 0.6) is 0 Å². The molecule has 3 aromatic rings. The normalized spacial score (nSPS) is 15.8. The van der Waals surface area contributed by atoms with Crippen molar-refractivity contribution in [3.05, 3.63) is 65.5 Å². The first-order valence-corrected chi connectivity index (χ1v) is 10.9. The maximum Gasteiger partial charge on any atom is 0.257 e. The largest absolute Gasteiger partial charge is 0.356 e. The summed E-state index contributed by atoms with van der Waals surface area (Å²) in [7, 11) is 1.75. The zero-order valence-corrected chi connectivity index (χ0v) is 18.4. The fourth-order valence-electron chi connectivity index (χ4n) is 3.78. The minimum Gasteiger partial charge on any atom is -0.356 e. The van der Waals surface area contributed by atoms with Gasteiger partial charge in [0.1, 0.15) is 0 Å². The minimum atomic E-state index is 0.0494. The molecule has 8 nitrogen and oxygen atoms in total. The predicted molar refractivity (Wildman–Crippen MR) is 125 cm³/mol. The van der Waals surface area contributed by atoms with Crippen molar-refractivity contribution in [1.29, 1.82) is 0 Å². The highest BCUT2D eigenvalue weighted by Crippen LogP contribution is 2.31. The van der Waals surface area contributed by atoms with Gasteiger partial charge in [-0.3, -0.25) is 9.79 Å². The Bertz CT molecular complexity index is 1090. The molecule has 3 N–H and O–H groups in total. The van der Waals surface area contributed by atoms with Gasteiger partial charge in [0.15, 0.2) is 11.8 Å². The lowest BCUT2D eigenvalue weighted by Crippen LogP contribution is -2.41. The first-order valence-electron chi connectivity index (χ1n) is 10.9. The first kappa shape index (κ1) is 21.5. The molecular weight excluding hydrogens is 404 g/mol. The second-order valence-electron chi connectivity index (χ2n) is 7.73. The van der Waals surface area contributed by atoms with Crippen LogP contribution in [0.3, 0.4) is 0 Å². The SMILES string of the molecule is CCc1noc(-c2ccc(CCNC(=NC)NCC3CC(=O)Nc4ccccc43)cc2)n1. The fraction of sp³-hybridized carbons (Fsp3) is 0.333. The molecule has 0 bridgehead atoms. The topological polar surface area (TPSA) is 104 Å². The number of hydrogen-bond acceptors (Lipinski definition) is 5. The Morgan fingerprint density at radius 1 is 1.19 bits per heavy atom. The Hall–Kier alpha value is -3.68. The third kappa shape index (κ3) is 5.14. The number of anilines is 1. The van der Waals surface area contributed by atoms with Gasteiger partial charge in [0, 0.05) is 50.1 Å². The van der Waals surface area contributed by atoms with E-state index in [1.165, 1.54) is 5.56 Å². The van der Waals surface area contributed by atoms with Gasteiger partial charge >= 0.3 is 0 Å². The molecule has 1 unspecified atom stereocenters. The van der Waals surface area contributed by atoms with E-state index in [1.54, 1.807) is 7.05 Å². The molecule has 166 valence electrons. The Balaban J connectivity index is 1.27. The molecule has 1 amide bonds. The standard InChI is InChI=1S/C24H28N6O2/c1-3-21-29-23(32-30-21)17-10-8-16(9-11-17)12-13-26-24(25-2)27-15-18-14-22(31)28-20-7-5-4-6-19(18)20/h4-11,18H,3,12-15H2,1-2H3,(H,28,31)(H2,25,26,27). The van der Waals surface area contributed by atoms with Crippen LogP contribution in [0.25, 0.3) is 11.5 Å². The van der Waals surface area contributed by atoms with E-state index in [9.17, 15) is 4.79 Å². The summed E-state index contributed by atoms with van der Waals surface area (Å²) in [6.07, 6.45) is 2.07. The maximum atomic E-state index is 12.0. The van der Waals surface area contributed by atoms with Crippen molar-refractivity contribution < 1.29 is 9.32 Å². The second kappa shape index (κ2) is 10.1. The van der Waals surface area contributed by atoms with E-state index in [0.717, 1.165) is 42.2 Å². The monoisotopic (exact) mass is 432 g/mol. The molecule has 2 aromatic carbocycles. The number of rotatable bonds is 7. The number of aryl methyl sites for hydroxylation is 1. The molecule has 8 heteroatoms. The first-order chi connectivity index (χ1) is 15.7. The Morgan fingerprint density at radius 2 is 2.00 bits per heavy atom. The number of aromatic nitrogens is 2. The number of carbonyl (C=O) groups is 1. The minimum absolute atomic E-state index is 0.0494. The van der Waals surface area contributed by atoms with Gasteiger partial charge in [0.05, 0.1) is 0 Å². The molecule has 2 heterocycles. The molecule has 4 rings (SSSR count). The van der Waals surface area contributed by atoms with Crippen LogP contribution in [-0.2, 0) is 17.6 Å². The van der Waals surface area contributed by atoms with E-state index in [4.69, 9.17) is 4.52 Å². The summed E-state index contributed by atoms with van der Waals surface area (Å²) in [6, 6.07) is 16.1. The lowest BCUT2D eigenvalue weighted by molar-refractivity contribution is -0.116. The summed E-state index contributed by atoms with van der Waals surface area (Å²) in [6.45, 7) is 3.38. The number of nitrogens with zero attached hydrogens (tertiary/aromatic N) is 3. The number of aliphatic imine (C=N–C) groups is 1. The lowest BCUT2D eigenvalue weighted by Gasteiger charge is -2.26. The zero-order chi connectivity index (χ0) is 22.3. The highest BCUT2D eigenvalue weighted by molar-refractivity contribution is 5.94. The van der Waals surface area contributed by atoms with Gasteiger partial charge in [-0.25, -0.2) is 0 Å². The van der Waals surface area contributed by atoms with E-state index < -0.39 is 0 Å². The number of guanidine groups is 1. The summed E-state index contributed by atoms with van der Waals surface area (Å²) in [4.78, 5) is 20.7. The summed E-state index contributed by atoms with van der Waals surface area (Å²) < 4.78 is 5.29. The van der Waals surface area contributed by atoms with Crippen LogP contribution < -0.4 is 16.0 Å². The van der Waals surface area contributed by atoms with Crippen LogP contribution in [0.1, 0.15) is 36.2 Å². The maximum absolute atomic E-state index is 12.0. The third-order valence-corrected chi connectivity index (χ3v) is 5.54. The van der Waals surface area contributed by atoms with Gasteiger partial charge < -0.3 is 20.5 Å². The highest BCUT2D eigenvalue weighted by atomic mass is 16.5. The Kier molecular flexibility index (Phi) is 6.79. The molecule has 0 fully saturated rings. The van der Waals surface area contributed by atoms with Crippen molar-refractivity contribution in [2.24, 2.45) is 4.99 Å². The van der Waals surface area contributed by atoms with Gasteiger partial charge in [-0.15, -0.1) is 0 Å². The number of carbonyl (C=O) groups excluding carboxylic acids is 1. The van der Waals surface area contributed by atoms with Crippen LogP contribution in [0, 0.1) is 0 Å². The number of nitrogens with one attached hydrogen (secondary N) is 3. The van der Waals surface area contributed by atoms with E-state index in [2.05, 4.69) is 49.3 Å². The van der Waals surface area contributed by atoms with Crippen LogP contribution in [0.4, 0.5) is 5.69 Å². The van der Waals surface area contributed by atoms with Crippen LogP contribution in [0.2, 0.25) is 0 Å². The van der Waals surface area contributed by atoms with Gasteiger partial charge in [-0.1, -0.05) is 42.4 Å². The molecule has 0 saturated heterocycles. The summed E-state index contributed by atoms with van der Waals surface area (Å²) >= 11 is 0. The van der Waals surface area contributed by atoms with Crippen molar-refractivity contribution in [2.75, 3.05) is 25.5 Å². The van der Waals surface area contributed by atoms with Gasteiger partial charge in [0.25, 0.3) is 5.89 Å². The quantitative estimate of drug-likeness (QED) is 0.391. The van der Waals surface area contributed by atoms with Crippen LogP contribution >= 0.6 is 0 Å². The molecule has 1 aliphatic rings. The third-order valence-electron chi connectivity index (χ3n) is 5.54. The summed E-state index contributed by atoms with van der Waals surface area (Å²) in [5.74, 6) is 2.15. The molecule has 32 heavy (non-hydrogen) atoms. The zero-order valence-electron chi connectivity index (χ0n) is 18.4. The van der Waals surface area contributed by atoms with Gasteiger partial charge in [-0.2, -0.15) is 4.98 Å². The van der Waals surface area contributed by atoms with Crippen LogP contribution in [-0.4, -0.2) is 42.1 Å². The average molecular weight is 433 g/mol.